The zero-order chi connectivity index (χ0) is 11.0. The first-order valence-corrected chi connectivity index (χ1v) is 5.85. The fourth-order valence-corrected chi connectivity index (χ4v) is 2.80. The van der Waals surface area contributed by atoms with Gasteiger partial charge in [0.15, 0.2) is 0 Å². The molecule has 2 heterocycles. The normalized spacial score (nSPS) is 28.7. The predicted octanol–water partition coefficient (Wildman–Crippen LogP) is 2.23. The van der Waals surface area contributed by atoms with Gasteiger partial charge in [0.05, 0.1) is 6.20 Å². The van der Waals surface area contributed by atoms with E-state index in [-0.39, 0.29) is 5.82 Å². The second kappa shape index (κ2) is 3.98. The Morgan fingerprint density at radius 2 is 2.31 bits per heavy atom. The molecule has 1 aliphatic carbocycles. The molecule has 3 heteroatoms. The molecule has 1 saturated heterocycles. The summed E-state index contributed by atoms with van der Waals surface area (Å²) in [6.07, 6.45) is 7.63. The minimum Gasteiger partial charge on any atom is -0.316 e. The highest BCUT2D eigenvalue weighted by Crippen LogP contribution is 2.39. The number of nitrogens with zero attached hydrogens (tertiary/aromatic N) is 1. The van der Waals surface area contributed by atoms with Gasteiger partial charge in [0, 0.05) is 12.7 Å². The van der Waals surface area contributed by atoms with Gasteiger partial charge >= 0.3 is 0 Å². The number of nitrogens with one attached hydrogen (secondary N) is 1. The van der Waals surface area contributed by atoms with Crippen molar-refractivity contribution in [1.29, 1.82) is 0 Å². The Balaban J connectivity index is 1.86. The van der Waals surface area contributed by atoms with Crippen LogP contribution in [0, 0.1) is 17.7 Å². The maximum atomic E-state index is 13.1. The van der Waals surface area contributed by atoms with Crippen LogP contribution in [0.3, 0.4) is 0 Å². The van der Waals surface area contributed by atoms with Crippen LogP contribution >= 0.6 is 0 Å². The highest BCUT2D eigenvalue weighted by molar-refractivity contribution is 5.67. The van der Waals surface area contributed by atoms with Crippen LogP contribution in [0.15, 0.2) is 24.5 Å². The van der Waals surface area contributed by atoms with E-state index in [4.69, 9.17) is 0 Å². The Bertz CT molecular complexity index is 428. The number of hydrogen-bond donors (Lipinski definition) is 1. The molecule has 0 unspecified atom stereocenters. The first kappa shape index (κ1) is 9.97. The molecule has 1 fully saturated rings. The lowest BCUT2D eigenvalue weighted by Crippen LogP contribution is -2.33. The van der Waals surface area contributed by atoms with Gasteiger partial charge in [-0.25, -0.2) is 4.39 Å². The van der Waals surface area contributed by atoms with E-state index in [1.54, 1.807) is 12.3 Å². The van der Waals surface area contributed by atoms with Gasteiger partial charge in [-0.1, -0.05) is 6.08 Å². The van der Waals surface area contributed by atoms with Crippen molar-refractivity contribution in [2.75, 3.05) is 13.1 Å². The molecule has 2 atom stereocenters. The summed E-state index contributed by atoms with van der Waals surface area (Å²) in [5, 5.41) is 3.41. The molecule has 0 amide bonds. The van der Waals surface area contributed by atoms with E-state index in [9.17, 15) is 4.39 Å². The van der Waals surface area contributed by atoms with Crippen molar-refractivity contribution in [2.45, 2.75) is 12.8 Å². The Hall–Kier alpha value is -1.22. The Labute approximate surface area is 94.6 Å². The molecule has 16 heavy (non-hydrogen) atoms. The highest BCUT2D eigenvalue weighted by Gasteiger charge is 2.30. The zero-order valence-electron chi connectivity index (χ0n) is 9.12. The topological polar surface area (TPSA) is 24.9 Å². The lowest BCUT2D eigenvalue weighted by atomic mass is 9.89. The molecule has 2 nitrogen and oxygen atoms in total. The number of allylic oxidation sites excluding steroid dienone is 1. The van der Waals surface area contributed by atoms with Gasteiger partial charge in [-0.15, -0.1) is 0 Å². The highest BCUT2D eigenvalue weighted by atomic mass is 19.1. The first-order valence-electron chi connectivity index (χ1n) is 5.85. The number of pyridine rings is 1. The van der Waals surface area contributed by atoms with E-state index in [1.807, 2.05) is 0 Å². The van der Waals surface area contributed by atoms with Crippen LogP contribution in [0.4, 0.5) is 4.39 Å². The summed E-state index contributed by atoms with van der Waals surface area (Å²) in [6.45, 7) is 2.18. The predicted molar refractivity (Wildman–Crippen MR) is 61.3 cm³/mol. The van der Waals surface area contributed by atoms with Crippen molar-refractivity contribution >= 4 is 5.57 Å². The lowest BCUT2D eigenvalue weighted by molar-refractivity contribution is 0.323. The van der Waals surface area contributed by atoms with Gasteiger partial charge in [-0.2, -0.15) is 0 Å². The van der Waals surface area contributed by atoms with Gasteiger partial charge in [0.1, 0.15) is 5.82 Å². The first-order chi connectivity index (χ1) is 7.83. The monoisotopic (exact) mass is 218 g/mol. The molecule has 0 radical (unpaired) electrons. The number of aromatic nitrogens is 1. The van der Waals surface area contributed by atoms with E-state index in [1.165, 1.54) is 18.2 Å². The van der Waals surface area contributed by atoms with Crippen LogP contribution < -0.4 is 5.32 Å². The number of rotatable bonds is 1. The van der Waals surface area contributed by atoms with Crippen LogP contribution in [0.25, 0.3) is 5.57 Å². The van der Waals surface area contributed by atoms with Crippen LogP contribution in [-0.4, -0.2) is 18.1 Å². The van der Waals surface area contributed by atoms with E-state index in [0.717, 1.165) is 31.0 Å². The van der Waals surface area contributed by atoms with Gasteiger partial charge in [0.25, 0.3) is 0 Å². The third-order valence-corrected chi connectivity index (χ3v) is 3.65. The second-order valence-electron chi connectivity index (χ2n) is 4.70. The molecule has 0 aromatic carbocycles. The summed E-state index contributed by atoms with van der Waals surface area (Å²) >= 11 is 0. The smallest absolute Gasteiger partial charge is 0.142 e. The van der Waals surface area contributed by atoms with Crippen LogP contribution in [0.5, 0.6) is 0 Å². The molecule has 0 saturated carbocycles. The number of piperidine rings is 1. The molecule has 1 aromatic heterocycles. The SMILES string of the molecule is Fc1cncc(C2=C[C@H]3CNCC[C@H]3C2)c1. The average molecular weight is 218 g/mol. The van der Waals surface area contributed by atoms with Crippen molar-refractivity contribution in [3.05, 3.63) is 35.9 Å². The summed E-state index contributed by atoms with van der Waals surface area (Å²) in [6, 6.07) is 1.59. The van der Waals surface area contributed by atoms with Crippen LogP contribution in [0.1, 0.15) is 18.4 Å². The third-order valence-electron chi connectivity index (χ3n) is 3.65. The fourth-order valence-electron chi connectivity index (χ4n) is 2.80. The standard InChI is InChI=1S/C13H15FN2/c14-13-5-12(7-16-8-13)10-3-9-1-2-15-6-11(9)4-10/h4-5,7-9,11,15H,1-3,6H2/t9-,11-/m0/s1. The summed E-state index contributed by atoms with van der Waals surface area (Å²) in [4.78, 5) is 3.91. The number of hydrogen-bond acceptors (Lipinski definition) is 2. The maximum absolute atomic E-state index is 13.1. The molecule has 84 valence electrons. The van der Waals surface area contributed by atoms with Crippen molar-refractivity contribution in [1.82, 2.24) is 10.3 Å². The van der Waals surface area contributed by atoms with Crippen LogP contribution in [0.2, 0.25) is 0 Å². The summed E-state index contributed by atoms with van der Waals surface area (Å²) in [7, 11) is 0. The van der Waals surface area contributed by atoms with Crippen molar-refractivity contribution in [2.24, 2.45) is 11.8 Å². The Morgan fingerprint density at radius 3 is 3.12 bits per heavy atom. The molecule has 0 spiro atoms. The molecule has 1 aromatic rings. The van der Waals surface area contributed by atoms with Gasteiger partial charge in [0.2, 0.25) is 0 Å². The fraction of sp³-hybridized carbons (Fsp3) is 0.462. The maximum Gasteiger partial charge on any atom is 0.142 e. The zero-order valence-corrected chi connectivity index (χ0v) is 9.12. The van der Waals surface area contributed by atoms with Gasteiger partial charge in [-0.05, 0) is 48.4 Å². The molecule has 1 N–H and O–H groups in total. The molecular formula is C13H15FN2. The largest absolute Gasteiger partial charge is 0.316 e. The van der Waals surface area contributed by atoms with E-state index < -0.39 is 0 Å². The van der Waals surface area contributed by atoms with Crippen molar-refractivity contribution in [3.63, 3.8) is 0 Å². The van der Waals surface area contributed by atoms with Crippen molar-refractivity contribution < 1.29 is 4.39 Å². The van der Waals surface area contributed by atoms with Crippen LogP contribution in [-0.2, 0) is 0 Å². The van der Waals surface area contributed by atoms with Crippen molar-refractivity contribution in [3.8, 4) is 0 Å². The second-order valence-corrected chi connectivity index (χ2v) is 4.70. The summed E-state index contributed by atoms with van der Waals surface area (Å²) < 4.78 is 13.1. The molecule has 1 aliphatic heterocycles. The number of fused-ring (bicyclic) bond motifs is 1. The molecule has 2 aliphatic rings. The molecular weight excluding hydrogens is 203 g/mol. The lowest BCUT2D eigenvalue weighted by Gasteiger charge is -2.25. The van der Waals surface area contributed by atoms with E-state index in [2.05, 4.69) is 16.4 Å². The average Bonchev–Trinajstić information content (AvgIpc) is 2.72. The minimum absolute atomic E-state index is 0.244. The van der Waals surface area contributed by atoms with E-state index >= 15 is 0 Å². The molecule has 3 rings (SSSR count). The van der Waals surface area contributed by atoms with Gasteiger partial charge in [-0.3, -0.25) is 4.98 Å². The summed E-state index contributed by atoms with van der Waals surface area (Å²) in [5.41, 5.74) is 2.22. The summed E-state index contributed by atoms with van der Waals surface area (Å²) in [5.74, 6) is 1.14. The third kappa shape index (κ3) is 1.76. The quantitative estimate of drug-likeness (QED) is 0.782. The molecule has 0 bridgehead atoms. The Kier molecular flexibility index (Phi) is 2.48. The van der Waals surface area contributed by atoms with Gasteiger partial charge < -0.3 is 5.32 Å². The Morgan fingerprint density at radius 1 is 1.38 bits per heavy atom. The minimum atomic E-state index is -0.244. The van der Waals surface area contributed by atoms with E-state index in [0.29, 0.717) is 5.92 Å². The number of halogens is 1.